The fourth-order valence-corrected chi connectivity index (χ4v) is 2.97. The highest BCUT2D eigenvalue weighted by molar-refractivity contribution is 9.10. The summed E-state index contributed by atoms with van der Waals surface area (Å²) in [6.07, 6.45) is 1.28. The van der Waals surface area contributed by atoms with Crippen LogP contribution in [0.4, 0.5) is 11.5 Å². The van der Waals surface area contributed by atoms with Gasteiger partial charge in [-0.3, -0.25) is 10.1 Å². The van der Waals surface area contributed by atoms with Gasteiger partial charge in [0.05, 0.1) is 11.5 Å². The number of pyridine rings is 1. The minimum absolute atomic E-state index is 0.0176. The predicted molar refractivity (Wildman–Crippen MR) is 90.7 cm³/mol. The minimum atomic E-state index is -0.423. The summed E-state index contributed by atoms with van der Waals surface area (Å²) in [6, 6.07) is 9.62. The fourth-order valence-electron chi connectivity index (χ4n) is 2.70. The highest BCUT2D eigenvalue weighted by Crippen LogP contribution is 2.28. The number of rotatable bonds is 3. The predicted octanol–water partition coefficient (Wildman–Crippen LogP) is 3.64. The molecular weight excluding hydrogens is 362 g/mol. The van der Waals surface area contributed by atoms with Crippen LogP contribution in [0.1, 0.15) is 17.2 Å². The van der Waals surface area contributed by atoms with Gasteiger partial charge >= 0.3 is 0 Å². The topological polar surface area (TPSA) is 68.5 Å². The summed E-state index contributed by atoms with van der Waals surface area (Å²) in [5.41, 5.74) is 1.93. The van der Waals surface area contributed by atoms with E-state index in [-0.39, 0.29) is 11.8 Å². The Bertz CT molecular complexity index is 721. The zero-order valence-electron chi connectivity index (χ0n) is 12.6. The molecule has 0 amide bonds. The second-order valence-corrected chi connectivity index (χ2v) is 6.36. The third-order valence-corrected chi connectivity index (χ3v) is 4.38. The average Bonchev–Trinajstić information content (AvgIpc) is 2.55. The Hall–Kier alpha value is -1.99. The molecule has 7 heteroatoms. The van der Waals surface area contributed by atoms with Crippen LogP contribution in [0.5, 0.6) is 0 Å². The molecule has 0 saturated carbocycles. The molecular formula is C16H16BrN3O3. The van der Waals surface area contributed by atoms with Gasteiger partial charge in [-0.2, -0.15) is 0 Å². The quantitative estimate of drug-likeness (QED) is 0.603. The van der Waals surface area contributed by atoms with E-state index in [0.717, 1.165) is 28.0 Å². The van der Waals surface area contributed by atoms with Crippen LogP contribution in [-0.4, -0.2) is 29.6 Å². The third-order valence-electron chi connectivity index (χ3n) is 3.85. The number of nitro groups is 1. The number of halogens is 1. The van der Waals surface area contributed by atoms with E-state index in [2.05, 4.69) is 25.8 Å². The average molecular weight is 378 g/mol. The highest BCUT2D eigenvalue weighted by Gasteiger charge is 2.24. The molecule has 23 heavy (non-hydrogen) atoms. The van der Waals surface area contributed by atoms with Gasteiger partial charge in [0.2, 0.25) is 0 Å². The summed E-state index contributed by atoms with van der Waals surface area (Å²) in [6.45, 7) is 3.84. The number of nitrogens with zero attached hydrogens (tertiary/aromatic N) is 3. The lowest BCUT2D eigenvalue weighted by molar-refractivity contribution is -0.385. The normalized spacial score (nSPS) is 18.0. The third kappa shape index (κ3) is 3.51. The van der Waals surface area contributed by atoms with Crippen molar-refractivity contribution in [2.24, 2.45) is 0 Å². The minimum Gasteiger partial charge on any atom is -0.370 e. The monoisotopic (exact) mass is 377 g/mol. The molecule has 120 valence electrons. The zero-order valence-corrected chi connectivity index (χ0v) is 14.2. The van der Waals surface area contributed by atoms with Crippen LogP contribution < -0.4 is 4.90 Å². The first-order valence-electron chi connectivity index (χ1n) is 7.27. The van der Waals surface area contributed by atoms with Crippen molar-refractivity contribution in [1.82, 2.24) is 4.98 Å². The molecule has 0 radical (unpaired) electrons. The Balaban J connectivity index is 1.81. The summed E-state index contributed by atoms with van der Waals surface area (Å²) in [5.74, 6) is 0.779. The molecule has 1 unspecified atom stereocenters. The van der Waals surface area contributed by atoms with E-state index < -0.39 is 4.92 Å². The molecule has 1 aromatic heterocycles. The van der Waals surface area contributed by atoms with Crippen LogP contribution in [0.3, 0.4) is 0 Å². The maximum absolute atomic E-state index is 10.8. The van der Waals surface area contributed by atoms with Crippen molar-refractivity contribution in [3.8, 4) is 0 Å². The summed E-state index contributed by atoms with van der Waals surface area (Å²) in [4.78, 5) is 16.8. The van der Waals surface area contributed by atoms with E-state index in [4.69, 9.17) is 4.74 Å². The fraction of sp³-hybridized carbons (Fsp3) is 0.312. The Kier molecular flexibility index (Phi) is 4.58. The highest BCUT2D eigenvalue weighted by atomic mass is 79.9. The Morgan fingerprint density at radius 1 is 1.39 bits per heavy atom. The lowest BCUT2D eigenvalue weighted by Crippen LogP contribution is -2.39. The van der Waals surface area contributed by atoms with E-state index in [0.29, 0.717) is 13.2 Å². The molecule has 1 fully saturated rings. The maximum Gasteiger partial charge on any atom is 0.287 e. The van der Waals surface area contributed by atoms with Gasteiger partial charge in [-0.25, -0.2) is 4.98 Å². The molecule has 1 aliphatic rings. The van der Waals surface area contributed by atoms with E-state index in [1.807, 2.05) is 31.2 Å². The number of anilines is 1. The molecule has 0 aliphatic carbocycles. The van der Waals surface area contributed by atoms with Crippen LogP contribution in [0.15, 0.2) is 41.0 Å². The summed E-state index contributed by atoms with van der Waals surface area (Å²) in [7, 11) is 0. The van der Waals surface area contributed by atoms with Gasteiger partial charge in [0.25, 0.3) is 5.69 Å². The van der Waals surface area contributed by atoms with Gasteiger partial charge in [-0.1, -0.05) is 28.1 Å². The molecule has 1 aliphatic heterocycles. The van der Waals surface area contributed by atoms with Gasteiger partial charge < -0.3 is 9.64 Å². The van der Waals surface area contributed by atoms with E-state index >= 15 is 0 Å². The van der Waals surface area contributed by atoms with Gasteiger partial charge in [0.1, 0.15) is 18.1 Å². The molecule has 6 nitrogen and oxygen atoms in total. The Morgan fingerprint density at radius 3 is 2.78 bits per heavy atom. The Morgan fingerprint density at radius 2 is 2.13 bits per heavy atom. The number of benzene rings is 1. The number of aryl methyl sites for hydroxylation is 1. The lowest BCUT2D eigenvalue weighted by Gasteiger charge is -2.34. The van der Waals surface area contributed by atoms with E-state index in [1.54, 1.807) is 6.07 Å². The smallest absolute Gasteiger partial charge is 0.287 e. The molecule has 0 spiro atoms. The number of hydrogen-bond donors (Lipinski definition) is 0. The van der Waals surface area contributed by atoms with Crippen LogP contribution in [0.25, 0.3) is 0 Å². The van der Waals surface area contributed by atoms with Crippen molar-refractivity contribution in [2.45, 2.75) is 13.0 Å². The molecule has 1 atom stereocenters. The molecule has 3 rings (SSSR count). The van der Waals surface area contributed by atoms with Crippen molar-refractivity contribution in [1.29, 1.82) is 0 Å². The first-order chi connectivity index (χ1) is 11.0. The van der Waals surface area contributed by atoms with Crippen molar-refractivity contribution in [3.05, 3.63) is 62.2 Å². The standard InChI is InChI=1S/C16H16BrN3O3/c1-11-8-14(20(21)22)9-18-16(11)19-6-7-23-15(10-19)12-2-4-13(17)5-3-12/h2-5,8-9,15H,6-7,10H2,1H3. The van der Waals surface area contributed by atoms with Gasteiger partial charge in [0, 0.05) is 23.6 Å². The first-order valence-corrected chi connectivity index (χ1v) is 8.07. The summed E-state index contributed by atoms with van der Waals surface area (Å²) >= 11 is 3.43. The number of aromatic nitrogens is 1. The van der Waals surface area contributed by atoms with E-state index in [1.165, 1.54) is 6.20 Å². The van der Waals surface area contributed by atoms with Crippen molar-refractivity contribution in [3.63, 3.8) is 0 Å². The van der Waals surface area contributed by atoms with Gasteiger partial charge in [0.15, 0.2) is 0 Å². The summed E-state index contributed by atoms with van der Waals surface area (Å²) < 4.78 is 6.89. The van der Waals surface area contributed by atoms with Crippen molar-refractivity contribution < 1.29 is 9.66 Å². The first kappa shape index (κ1) is 15.9. The van der Waals surface area contributed by atoms with Gasteiger partial charge in [-0.15, -0.1) is 0 Å². The lowest BCUT2D eigenvalue weighted by atomic mass is 10.1. The number of hydrogen-bond acceptors (Lipinski definition) is 5. The maximum atomic E-state index is 10.8. The van der Waals surface area contributed by atoms with Crippen LogP contribution in [0.2, 0.25) is 0 Å². The second kappa shape index (κ2) is 6.64. The molecule has 1 aromatic carbocycles. The van der Waals surface area contributed by atoms with Crippen LogP contribution in [-0.2, 0) is 4.74 Å². The van der Waals surface area contributed by atoms with Crippen LogP contribution in [0, 0.1) is 17.0 Å². The zero-order chi connectivity index (χ0) is 16.4. The number of morpholine rings is 1. The molecule has 2 aromatic rings. The molecule has 0 N–H and O–H groups in total. The van der Waals surface area contributed by atoms with Gasteiger partial charge in [-0.05, 0) is 30.2 Å². The summed E-state index contributed by atoms with van der Waals surface area (Å²) in [5, 5.41) is 10.8. The second-order valence-electron chi connectivity index (χ2n) is 5.45. The van der Waals surface area contributed by atoms with Crippen molar-refractivity contribution in [2.75, 3.05) is 24.6 Å². The Labute approximate surface area is 142 Å². The molecule has 0 bridgehead atoms. The molecule has 2 heterocycles. The van der Waals surface area contributed by atoms with E-state index in [9.17, 15) is 10.1 Å². The largest absolute Gasteiger partial charge is 0.370 e. The number of ether oxygens (including phenoxy) is 1. The van der Waals surface area contributed by atoms with Crippen molar-refractivity contribution >= 4 is 27.4 Å². The van der Waals surface area contributed by atoms with Crippen LogP contribution >= 0.6 is 15.9 Å². The molecule has 1 saturated heterocycles. The SMILES string of the molecule is Cc1cc([N+](=O)[O-])cnc1N1CCOC(c2ccc(Br)cc2)C1.